The Labute approximate surface area is 151 Å². The molecular weight excluding hydrogens is 347 g/mol. The molecule has 0 radical (unpaired) electrons. The summed E-state index contributed by atoms with van der Waals surface area (Å²) in [5, 5.41) is 0.0156. The molecule has 134 valence electrons. The topological polar surface area (TPSA) is 53.1 Å². The van der Waals surface area contributed by atoms with Crippen LogP contribution in [-0.4, -0.2) is 60.0 Å². The summed E-state index contributed by atoms with van der Waals surface area (Å²) in [5.41, 5.74) is 0.645. The molecule has 7 heteroatoms. The van der Waals surface area contributed by atoms with Gasteiger partial charge in [0.2, 0.25) is 11.8 Å². The van der Waals surface area contributed by atoms with Crippen molar-refractivity contribution in [2.75, 3.05) is 26.2 Å². The molecule has 2 saturated heterocycles. The molecule has 2 aliphatic rings. The molecule has 1 aromatic carbocycles. The fourth-order valence-electron chi connectivity index (χ4n) is 2.91. The van der Waals surface area contributed by atoms with Crippen molar-refractivity contribution in [2.45, 2.75) is 25.5 Å². The van der Waals surface area contributed by atoms with Crippen LogP contribution >= 0.6 is 11.6 Å². The fourth-order valence-corrected chi connectivity index (χ4v) is 3.10. The van der Waals surface area contributed by atoms with E-state index in [1.807, 2.05) is 6.92 Å². The highest BCUT2D eigenvalue weighted by Gasteiger charge is 2.36. The molecule has 5 nitrogen and oxygen atoms in total. The smallest absolute Gasteiger partial charge is 0.246 e. The first kappa shape index (κ1) is 17.9. The summed E-state index contributed by atoms with van der Waals surface area (Å²) in [4.78, 5) is 28.1. The maximum Gasteiger partial charge on any atom is 0.246 e. The molecule has 2 aliphatic heterocycles. The van der Waals surface area contributed by atoms with Gasteiger partial charge in [-0.2, -0.15) is 0 Å². The zero-order chi connectivity index (χ0) is 18.0. The average Bonchev–Trinajstić information content (AvgIpc) is 3.43. The first-order chi connectivity index (χ1) is 12.0. The van der Waals surface area contributed by atoms with Crippen LogP contribution in [0.3, 0.4) is 0 Å². The molecule has 0 spiro atoms. The van der Waals surface area contributed by atoms with Crippen molar-refractivity contribution in [3.8, 4) is 0 Å². The van der Waals surface area contributed by atoms with Crippen molar-refractivity contribution in [3.05, 3.63) is 40.7 Å². The second-order valence-corrected chi connectivity index (χ2v) is 6.69. The molecule has 1 unspecified atom stereocenters. The second kappa shape index (κ2) is 7.54. The number of hydrogen-bond donors (Lipinski definition) is 0. The summed E-state index contributed by atoms with van der Waals surface area (Å²) < 4.78 is 18.4. The molecule has 2 amide bonds. The molecule has 1 aromatic rings. The van der Waals surface area contributed by atoms with Crippen LogP contribution in [0.1, 0.15) is 18.9 Å². The van der Waals surface area contributed by atoms with Crippen molar-refractivity contribution in [3.63, 3.8) is 0 Å². The zero-order valence-electron chi connectivity index (χ0n) is 14.0. The predicted molar refractivity (Wildman–Crippen MR) is 92.6 cm³/mol. The summed E-state index contributed by atoms with van der Waals surface area (Å²) in [6.07, 6.45) is 3.45. The van der Waals surface area contributed by atoms with E-state index in [-0.39, 0.29) is 29.0 Å². The normalized spacial score (nSPS) is 22.2. The number of benzene rings is 1. The van der Waals surface area contributed by atoms with E-state index in [1.165, 1.54) is 18.2 Å². The lowest BCUT2D eigenvalue weighted by atomic mass is 10.2. The number of halogens is 2. The minimum Gasteiger partial charge on any atom is -0.371 e. The van der Waals surface area contributed by atoms with Gasteiger partial charge in [0.25, 0.3) is 0 Å². The lowest BCUT2D eigenvalue weighted by Gasteiger charge is -2.27. The van der Waals surface area contributed by atoms with Crippen LogP contribution < -0.4 is 0 Å². The lowest BCUT2D eigenvalue weighted by Crippen LogP contribution is -2.43. The van der Waals surface area contributed by atoms with Crippen LogP contribution in [0.15, 0.2) is 24.3 Å². The minimum atomic E-state index is -0.495. The van der Waals surface area contributed by atoms with Gasteiger partial charge in [-0.1, -0.05) is 17.7 Å². The summed E-state index contributed by atoms with van der Waals surface area (Å²) >= 11 is 5.73. The maximum atomic E-state index is 13.2. The number of carbonyl (C=O) groups is 2. The van der Waals surface area contributed by atoms with Crippen molar-refractivity contribution >= 4 is 29.5 Å². The van der Waals surface area contributed by atoms with Gasteiger partial charge < -0.3 is 14.5 Å². The van der Waals surface area contributed by atoms with Crippen LogP contribution in [-0.2, 0) is 14.3 Å². The van der Waals surface area contributed by atoms with E-state index >= 15 is 0 Å². The molecule has 2 heterocycles. The predicted octanol–water partition coefficient (Wildman–Crippen LogP) is 2.34. The number of rotatable bonds is 4. The monoisotopic (exact) mass is 366 g/mol. The largest absolute Gasteiger partial charge is 0.371 e. The van der Waals surface area contributed by atoms with Gasteiger partial charge >= 0.3 is 0 Å². The van der Waals surface area contributed by atoms with Crippen molar-refractivity contribution in [1.29, 1.82) is 0 Å². The van der Waals surface area contributed by atoms with Crippen LogP contribution in [0.5, 0.6) is 0 Å². The molecular formula is C18H20ClFN2O3. The summed E-state index contributed by atoms with van der Waals surface area (Å²) in [7, 11) is 0. The van der Waals surface area contributed by atoms with E-state index in [0.29, 0.717) is 38.2 Å². The molecule has 3 rings (SSSR count). The van der Waals surface area contributed by atoms with Crippen LogP contribution in [0.4, 0.5) is 4.39 Å². The third-order valence-corrected chi connectivity index (χ3v) is 4.88. The highest BCUT2D eigenvalue weighted by molar-refractivity contribution is 6.30. The Bertz CT molecular complexity index is 706. The van der Waals surface area contributed by atoms with Gasteiger partial charge in [0.1, 0.15) is 11.9 Å². The van der Waals surface area contributed by atoms with Gasteiger partial charge in [0.15, 0.2) is 0 Å². The van der Waals surface area contributed by atoms with Crippen molar-refractivity contribution in [2.24, 2.45) is 0 Å². The van der Waals surface area contributed by atoms with Crippen LogP contribution in [0.25, 0.3) is 6.08 Å². The molecule has 0 aromatic heterocycles. The fraction of sp³-hybridized carbons (Fsp3) is 0.444. The highest BCUT2D eigenvalue weighted by atomic mass is 35.5. The van der Waals surface area contributed by atoms with Gasteiger partial charge in [-0.3, -0.25) is 9.59 Å². The first-order valence-corrected chi connectivity index (χ1v) is 8.66. The third kappa shape index (κ3) is 4.38. The molecule has 0 saturated carbocycles. The Morgan fingerprint density at radius 2 is 2.16 bits per heavy atom. The van der Waals surface area contributed by atoms with E-state index in [0.717, 1.165) is 0 Å². The van der Waals surface area contributed by atoms with Gasteiger partial charge in [-0.25, -0.2) is 4.39 Å². The number of hydrogen-bond acceptors (Lipinski definition) is 3. The summed E-state index contributed by atoms with van der Waals surface area (Å²) in [6, 6.07) is 4.32. The minimum absolute atomic E-state index is 0.0156. The van der Waals surface area contributed by atoms with Crippen LogP contribution in [0, 0.1) is 5.82 Å². The van der Waals surface area contributed by atoms with E-state index in [2.05, 4.69) is 0 Å². The van der Waals surface area contributed by atoms with Gasteiger partial charge in [-0.15, -0.1) is 0 Å². The van der Waals surface area contributed by atoms with E-state index in [4.69, 9.17) is 16.3 Å². The Hall–Kier alpha value is -1.92. The maximum absolute atomic E-state index is 13.2. The molecule has 0 bridgehead atoms. The SMILES string of the molecule is C[C@H](C1CO1)N1CCN(C(=O)C=Cc2ccc(F)c(Cl)c2)CCC1=O. The first-order valence-electron chi connectivity index (χ1n) is 8.29. The molecule has 2 atom stereocenters. The lowest BCUT2D eigenvalue weighted by molar-refractivity contribution is -0.132. The molecule has 0 aliphatic carbocycles. The number of epoxide rings is 1. The number of ether oxygens (including phenoxy) is 1. The second-order valence-electron chi connectivity index (χ2n) is 6.28. The third-order valence-electron chi connectivity index (χ3n) is 4.59. The summed E-state index contributed by atoms with van der Waals surface area (Å²) in [5.74, 6) is -0.622. The van der Waals surface area contributed by atoms with Crippen LogP contribution in [0.2, 0.25) is 5.02 Å². The van der Waals surface area contributed by atoms with Gasteiger partial charge in [0.05, 0.1) is 17.7 Å². The Balaban J connectivity index is 1.61. The molecule has 2 fully saturated rings. The Kier molecular flexibility index (Phi) is 5.39. The standard InChI is InChI=1S/C18H20ClFN2O3/c1-12(16-11-25-16)22-9-8-21(7-6-18(22)24)17(23)5-3-13-2-4-15(20)14(19)10-13/h2-5,10,12,16H,6-9,11H2,1H3/t12-,16?/m1/s1. The van der Waals surface area contributed by atoms with Crippen molar-refractivity contribution in [1.82, 2.24) is 9.80 Å². The van der Waals surface area contributed by atoms with E-state index in [9.17, 15) is 14.0 Å². The summed E-state index contributed by atoms with van der Waals surface area (Å²) in [6.45, 7) is 4.04. The average molecular weight is 367 g/mol. The Morgan fingerprint density at radius 3 is 2.84 bits per heavy atom. The number of amides is 2. The number of nitrogens with zero attached hydrogens (tertiary/aromatic N) is 2. The van der Waals surface area contributed by atoms with E-state index in [1.54, 1.807) is 21.9 Å². The molecule has 25 heavy (non-hydrogen) atoms. The Morgan fingerprint density at radius 1 is 1.40 bits per heavy atom. The van der Waals surface area contributed by atoms with Crippen molar-refractivity contribution < 1.29 is 18.7 Å². The molecule has 0 N–H and O–H groups in total. The van der Waals surface area contributed by atoms with Gasteiger partial charge in [-0.05, 0) is 30.7 Å². The quantitative estimate of drug-likeness (QED) is 0.607. The highest BCUT2D eigenvalue weighted by Crippen LogP contribution is 2.21. The number of carbonyl (C=O) groups excluding carboxylic acids is 2. The zero-order valence-corrected chi connectivity index (χ0v) is 14.7. The van der Waals surface area contributed by atoms with E-state index < -0.39 is 5.82 Å². The van der Waals surface area contributed by atoms with Gasteiger partial charge in [0, 0.05) is 32.1 Å².